The fourth-order valence-corrected chi connectivity index (χ4v) is 3.11. The van der Waals surface area contributed by atoms with E-state index < -0.39 is 19.8 Å². The van der Waals surface area contributed by atoms with Gasteiger partial charge in [-0.3, -0.25) is 9.69 Å². The van der Waals surface area contributed by atoms with Gasteiger partial charge in [0.05, 0.1) is 11.4 Å². The van der Waals surface area contributed by atoms with Gasteiger partial charge in [-0.25, -0.2) is 4.79 Å². The smallest absolute Gasteiger partial charge is 0.415 e. The van der Waals surface area contributed by atoms with Crippen LogP contribution in [-0.4, -0.2) is 41.8 Å². The quantitative estimate of drug-likeness (QED) is 0.413. The molecule has 1 amide bonds. The van der Waals surface area contributed by atoms with Gasteiger partial charge in [0, 0.05) is 18.2 Å². The number of alkyl halides is 1. The summed E-state index contributed by atoms with van der Waals surface area (Å²) in [6, 6.07) is 0. The van der Waals surface area contributed by atoms with Crippen molar-refractivity contribution in [2.75, 3.05) is 6.54 Å². The minimum atomic E-state index is -1.51. The highest BCUT2D eigenvalue weighted by Gasteiger charge is 2.32. The normalized spacial score (nSPS) is 18.4. The van der Waals surface area contributed by atoms with Crippen molar-refractivity contribution in [3.63, 3.8) is 0 Å². The second-order valence-corrected chi connectivity index (χ2v) is 13.2. The molecule has 6 heteroatoms. The first-order chi connectivity index (χ1) is 9.89. The zero-order valence-electron chi connectivity index (χ0n) is 14.1. The zero-order valence-corrected chi connectivity index (χ0v) is 16.7. The molecule has 0 aromatic heterocycles. The Kier molecular flexibility index (Phi) is 6.05. The number of ketones is 1. The van der Waals surface area contributed by atoms with Crippen LogP contribution in [0.4, 0.5) is 4.79 Å². The summed E-state index contributed by atoms with van der Waals surface area (Å²) in [7, 11) is -1.51. The van der Waals surface area contributed by atoms with Gasteiger partial charge in [0.15, 0.2) is 5.78 Å². The van der Waals surface area contributed by atoms with Crippen LogP contribution in [-0.2, 0) is 9.53 Å². The van der Waals surface area contributed by atoms with Crippen molar-refractivity contribution >= 4 is 35.9 Å². The summed E-state index contributed by atoms with van der Waals surface area (Å²) in [5, 5.41) is 0. The number of rotatable bonds is 2. The van der Waals surface area contributed by atoms with Crippen molar-refractivity contribution in [3.8, 4) is 11.5 Å². The first-order valence-corrected chi connectivity index (χ1v) is 11.7. The number of carbonyl (C=O) groups excluding carboxylic acids is 2. The van der Waals surface area contributed by atoms with Gasteiger partial charge in [0.25, 0.3) is 0 Å². The molecule has 1 unspecified atom stereocenters. The van der Waals surface area contributed by atoms with Crippen LogP contribution >= 0.6 is 15.9 Å². The molecule has 122 valence electrons. The van der Waals surface area contributed by atoms with E-state index in [2.05, 4.69) is 47.0 Å². The van der Waals surface area contributed by atoms with E-state index in [-0.39, 0.29) is 17.2 Å². The molecule has 0 N–H and O–H groups in total. The lowest BCUT2D eigenvalue weighted by atomic mass is 10.2. The van der Waals surface area contributed by atoms with E-state index in [1.807, 2.05) is 20.8 Å². The van der Waals surface area contributed by atoms with E-state index in [4.69, 9.17) is 4.74 Å². The number of carbonyl (C=O) groups is 2. The molecule has 0 aromatic carbocycles. The Morgan fingerprint density at radius 1 is 1.45 bits per heavy atom. The Balaban J connectivity index is 3.00. The van der Waals surface area contributed by atoms with Crippen molar-refractivity contribution in [2.24, 2.45) is 0 Å². The summed E-state index contributed by atoms with van der Waals surface area (Å²) in [5.74, 6) is 3.07. The third-order valence-electron chi connectivity index (χ3n) is 2.64. The number of nitrogens with zero attached hydrogens (tertiary/aromatic N) is 1. The highest BCUT2D eigenvalue weighted by molar-refractivity contribution is 9.09. The van der Waals surface area contributed by atoms with E-state index in [1.165, 1.54) is 11.0 Å². The average molecular weight is 386 g/mol. The first kappa shape index (κ1) is 19.0. The maximum atomic E-state index is 12.4. The Hall–Kier alpha value is -1.06. The van der Waals surface area contributed by atoms with Crippen LogP contribution in [0.5, 0.6) is 0 Å². The van der Waals surface area contributed by atoms with Crippen molar-refractivity contribution < 1.29 is 14.3 Å². The van der Waals surface area contributed by atoms with Gasteiger partial charge in [0.2, 0.25) is 0 Å². The van der Waals surface area contributed by atoms with Crippen molar-refractivity contribution in [1.29, 1.82) is 0 Å². The number of ether oxygens (including phenoxy) is 1. The van der Waals surface area contributed by atoms with Gasteiger partial charge in [-0.1, -0.05) is 41.5 Å². The van der Waals surface area contributed by atoms with Gasteiger partial charge >= 0.3 is 6.09 Å². The van der Waals surface area contributed by atoms with Gasteiger partial charge < -0.3 is 4.74 Å². The first-order valence-electron chi connectivity index (χ1n) is 7.28. The minimum Gasteiger partial charge on any atom is -0.443 e. The summed E-state index contributed by atoms with van der Waals surface area (Å²) in [6.45, 7) is 12.1. The van der Waals surface area contributed by atoms with Crippen LogP contribution in [0.1, 0.15) is 27.2 Å². The number of allylic oxidation sites excluding steroid dienone is 2. The summed E-state index contributed by atoms with van der Waals surface area (Å²) in [5.41, 5.74) is 3.27. The molecule has 1 atom stereocenters. The summed E-state index contributed by atoms with van der Waals surface area (Å²) in [6.07, 6.45) is 1.39. The highest BCUT2D eigenvalue weighted by Crippen LogP contribution is 2.28. The van der Waals surface area contributed by atoms with Crippen molar-refractivity contribution in [1.82, 2.24) is 4.90 Å². The van der Waals surface area contributed by atoms with Gasteiger partial charge in [-0.2, -0.15) is 0 Å². The molecule has 1 aliphatic carbocycles. The number of amides is 1. The highest BCUT2D eigenvalue weighted by atomic mass is 79.9. The van der Waals surface area contributed by atoms with E-state index in [1.54, 1.807) is 0 Å². The molecule has 0 aliphatic heterocycles. The predicted octanol–water partition coefficient (Wildman–Crippen LogP) is 3.72. The number of hydrogen-bond acceptors (Lipinski definition) is 3. The van der Waals surface area contributed by atoms with Crippen LogP contribution in [0, 0.1) is 11.5 Å². The lowest BCUT2D eigenvalue weighted by molar-refractivity contribution is -0.113. The standard InChI is InChI=1S/C16H24BrNO3Si/c1-16(2,3)21-15(20)18(8-7-9-22(4,5)6)14-11-12(19)10-13(14)17/h11,13H,8,10H2,1-6H3. The molecule has 0 fully saturated rings. The summed E-state index contributed by atoms with van der Waals surface area (Å²) in [4.78, 5) is 25.3. The topological polar surface area (TPSA) is 46.6 Å². The molecule has 0 saturated carbocycles. The van der Waals surface area contributed by atoms with E-state index >= 15 is 0 Å². The maximum absolute atomic E-state index is 12.4. The third-order valence-corrected chi connectivity index (χ3v) is 4.36. The molecular weight excluding hydrogens is 362 g/mol. The van der Waals surface area contributed by atoms with Crippen LogP contribution in [0.15, 0.2) is 11.8 Å². The summed E-state index contributed by atoms with van der Waals surface area (Å²) < 4.78 is 5.44. The Bertz CT molecular complexity index is 546. The molecule has 1 rings (SSSR count). The lowest BCUT2D eigenvalue weighted by Gasteiger charge is -2.28. The molecule has 0 aromatic rings. The summed E-state index contributed by atoms with van der Waals surface area (Å²) >= 11 is 3.45. The van der Waals surface area contributed by atoms with Crippen LogP contribution in [0.25, 0.3) is 0 Å². The van der Waals surface area contributed by atoms with E-state index in [9.17, 15) is 9.59 Å². The molecule has 0 heterocycles. The monoisotopic (exact) mass is 385 g/mol. The number of hydrogen-bond donors (Lipinski definition) is 0. The minimum absolute atomic E-state index is 0.00332. The van der Waals surface area contributed by atoms with Gasteiger partial charge in [-0.15, -0.1) is 5.54 Å². The Labute approximate surface area is 142 Å². The fourth-order valence-electron chi connectivity index (χ4n) is 1.80. The maximum Gasteiger partial charge on any atom is 0.415 e. The van der Waals surface area contributed by atoms with E-state index in [0.29, 0.717) is 12.1 Å². The van der Waals surface area contributed by atoms with E-state index in [0.717, 1.165) is 0 Å². The average Bonchev–Trinajstić information content (AvgIpc) is 2.59. The Morgan fingerprint density at radius 3 is 2.45 bits per heavy atom. The van der Waals surface area contributed by atoms with Gasteiger partial charge in [-0.05, 0) is 20.8 Å². The number of halogens is 1. The molecule has 4 nitrogen and oxygen atoms in total. The van der Waals surface area contributed by atoms with Crippen LogP contribution in [0.3, 0.4) is 0 Å². The molecule has 0 saturated heterocycles. The lowest BCUT2D eigenvalue weighted by Crippen LogP contribution is -2.38. The molecule has 0 spiro atoms. The van der Waals surface area contributed by atoms with Crippen molar-refractivity contribution in [3.05, 3.63) is 11.8 Å². The second-order valence-electron chi connectivity index (χ2n) is 7.33. The fraction of sp³-hybridized carbons (Fsp3) is 0.625. The third kappa shape index (κ3) is 6.37. The van der Waals surface area contributed by atoms with Crippen LogP contribution in [0.2, 0.25) is 19.6 Å². The second kappa shape index (κ2) is 7.01. The molecule has 0 bridgehead atoms. The zero-order chi connectivity index (χ0) is 17.1. The Morgan fingerprint density at radius 2 is 2.05 bits per heavy atom. The molecule has 22 heavy (non-hydrogen) atoms. The SMILES string of the molecule is CC(C)(C)OC(=O)N(CC#C[Si](C)(C)C)C1=CC(=O)CC1Br. The molecular formula is C16H24BrNO3Si. The van der Waals surface area contributed by atoms with Gasteiger partial charge in [0.1, 0.15) is 13.7 Å². The molecule has 0 radical (unpaired) electrons. The van der Waals surface area contributed by atoms with Crippen molar-refractivity contribution in [2.45, 2.75) is 57.3 Å². The molecule has 1 aliphatic rings. The largest absolute Gasteiger partial charge is 0.443 e. The van der Waals surface area contributed by atoms with Crippen LogP contribution < -0.4 is 0 Å². The predicted molar refractivity (Wildman–Crippen MR) is 94.5 cm³/mol.